The molecule has 0 spiro atoms. The number of rotatable bonds is 3. The van der Waals surface area contributed by atoms with Gasteiger partial charge in [0.1, 0.15) is 0 Å². The predicted molar refractivity (Wildman–Crippen MR) is 80.9 cm³/mol. The Hall–Kier alpha value is -1.84. The summed E-state index contributed by atoms with van der Waals surface area (Å²) >= 11 is 11.7. The maximum atomic E-state index is 12.2. The summed E-state index contributed by atoms with van der Waals surface area (Å²) in [5.74, 6) is -0.492. The molecular formula is C15H11Cl2NO2. The lowest BCUT2D eigenvalue weighted by molar-refractivity contribution is 0.101. The number of amides is 1. The molecule has 1 amide bonds. The largest absolute Gasteiger partial charge is 0.321 e. The van der Waals surface area contributed by atoms with Crippen LogP contribution in [0.15, 0.2) is 42.5 Å². The summed E-state index contributed by atoms with van der Waals surface area (Å²) in [6.45, 7) is 1.45. The van der Waals surface area contributed by atoms with Crippen LogP contribution in [-0.2, 0) is 0 Å². The molecule has 0 atom stereocenters. The van der Waals surface area contributed by atoms with Gasteiger partial charge in [-0.15, -0.1) is 0 Å². The average molecular weight is 308 g/mol. The molecule has 2 rings (SSSR count). The Morgan fingerprint density at radius 3 is 2.20 bits per heavy atom. The molecule has 0 saturated carbocycles. The van der Waals surface area contributed by atoms with Crippen LogP contribution in [0, 0.1) is 0 Å². The molecule has 0 radical (unpaired) electrons. The van der Waals surface area contributed by atoms with Crippen molar-refractivity contribution in [3.05, 3.63) is 63.6 Å². The first kappa shape index (κ1) is 14.6. The molecule has 3 nitrogen and oxygen atoms in total. The molecule has 1 N–H and O–H groups in total. The fraction of sp³-hybridized carbons (Fsp3) is 0.0667. The minimum Gasteiger partial charge on any atom is -0.321 e. The van der Waals surface area contributed by atoms with E-state index in [1.165, 1.54) is 19.1 Å². The van der Waals surface area contributed by atoms with Crippen molar-refractivity contribution in [2.45, 2.75) is 6.92 Å². The van der Waals surface area contributed by atoms with E-state index in [-0.39, 0.29) is 11.7 Å². The Morgan fingerprint density at radius 2 is 1.60 bits per heavy atom. The minimum atomic E-state index is -0.372. The highest BCUT2D eigenvalue weighted by Crippen LogP contribution is 2.21. The minimum absolute atomic E-state index is 0.120. The maximum Gasteiger partial charge on any atom is 0.255 e. The monoisotopic (exact) mass is 307 g/mol. The molecule has 0 aliphatic rings. The fourth-order valence-corrected chi connectivity index (χ4v) is 2.30. The van der Waals surface area contributed by atoms with Crippen molar-refractivity contribution < 1.29 is 9.59 Å². The van der Waals surface area contributed by atoms with E-state index in [0.717, 1.165) is 0 Å². The van der Waals surface area contributed by atoms with Gasteiger partial charge in [0.15, 0.2) is 5.78 Å². The summed E-state index contributed by atoms with van der Waals surface area (Å²) in [6, 6.07) is 11.4. The van der Waals surface area contributed by atoms with Gasteiger partial charge >= 0.3 is 0 Å². The van der Waals surface area contributed by atoms with Crippen LogP contribution in [0.4, 0.5) is 5.69 Å². The number of hydrogen-bond acceptors (Lipinski definition) is 2. The lowest BCUT2D eigenvalue weighted by atomic mass is 10.1. The van der Waals surface area contributed by atoms with E-state index in [0.29, 0.717) is 26.9 Å². The van der Waals surface area contributed by atoms with Gasteiger partial charge in [-0.2, -0.15) is 0 Å². The number of nitrogens with one attached hydrogen (secondary N) is 1. The highest BCUT2D eigenvalue weighted by Gasteiger charge is 2.12. The third kappa shape index (κ3) is 3.38. The van der Waals surface area contributed by atoms with Crippen LogP contribution in [0.25, 0.3) is 0 Å². The standard InChI is InChI=1S/C15H11Cl2NO2/c1-9(19)13-4-2-3-5-14(13)18-15(20)10-6-11(16)8-12(17)7-10/h2-8H,1H3,(H,18,20). The number of benzene rings is 2. The van der Waals surface area contributed by atoms with E-state index in [2.05, 4.69) is 5.32 Å². The second-order valence-electron chi connectivity index (χ2n) is 4.21. The molecule has 0 bridgehead atoms. The maximum absolute atomic E-state index is 12.2. The first-order chi connectivity index (χ1) is 9.47. The van der Waals surface area contributed by atoms with Crippen molar-refractivity contribution in [2.24, 2.45) is 0 Å². The Morgan fingerprint density at radius 1 is 1.00 bits per heavy atom. The Bertz CT molecular complexity index is 663. The summed E-state index contributed by atoms with van der Waals surface area (Å²) in [5.41, 5.74) is 1.25. The van der Waals surface area contributed by atoms with E-state index >= 15 is 0 Å². The zero-order valence-corrected chi connectivity index (χ0v) is 12.1. The van der Waals surface area contributed by atoms with Gasteiger partial charge in [0.25, 0.3) is 5.91 Å². The smallest absolute Gasteiger partial charge is 0.255 e. The Kier molecular flexibility index (Phi) is 4.42. The number of hydrogen-bond donors (Lipinski definition) is 1. The predicted octanol–water partition coefficient (Wildman–Crippen LogP) is 4.45. The van der Waals surface area contributed by atoms with Crippen LogP contribution in [0.5, 0.6) is 0 Å². The second kappa shape index (κ2) is 6.07. The van der Waals surface area contributed by atoms with Gasteiger partial charge in [-0.3, -0.25) is 9.59 Å². The first-order valence-electron chi connectivity index (χ1n) is 5.85. The molecule has 102 valence electrons. The molecule has 0 saturated heterocycles. The summed E-state index contributed by atoms with van der Waals surface area (Å²) < 4.78 is 0. The number of carbonyl (C=O) groups is 2. The number of halogens is 2. The van der Waals surface area contributed by atoms with E-state index < -0.39 is 0 Å². The first-order valence-corrected chi connectivity index (χ1v) is 6.60. The van der Waals surface area contributed by atoms with Crippen LogP contribution in [0.2, 0.25) is 10.0 Å². The van der Waals surface area contributed by atoms with E-state index in [4.69, 9.17) is 23.2 Å². The van der Waals surface area contributed by atoms with E-state index in [1.54, 1.807) is 30.3 Å². The van der Waals surface area contributed by atoms with Crippen LogP contribution in [0.1, 0.15) is 27.6 Å². The molecule has 0 aliphatic heterocycles. The number of carbonyl (C=O) groups excluding carboxylic acids is 2. The third-order valence-corrected chi connectivity index (χ3v) is 3.12. The van der Waals surface area contributed by atoms with Crippen LogP contribution in [-0.4, -0.2) is 11.7 Å². The van der Waals surface area contributed by atoms with E-state index in [1.807, 2.05) is 0 Å². The molecule has 0 aromatic heterocycles. The van der Waals surface area contributed by atoms with Crippen LogP contribution in [0.3, 0.4) is 0 Å². The molecule has 2 aromatic carbocycles. The molecule has 0 heterocycles. The number of para-hydroxylation sites is 1. The average Bonchev–Trinajstić information content (AvgIpc) is 2.37. The summed E-state index contributed by atoms with van der Waals surface area (Å²) in [5, 5.41) is 3.44. The van der Waals surface area contributed by atoms with Gasteiger partial charge in [-0.05, 0) is 37.3 Å². The second-order valence-corrected chi connectivity index (χ2v) is 5.09. The molecule has 5 heteroatoms. The molecule has 0 aliphatic carbocycles. The number of Topliss-reactive ketones (excluding diaryl/α,β-unsaturated/α-hetero) is 1. The molecule has 2 aromatic rings. The Labute approximate surface area is 126 Å². The summed E-state index contributed by atoms with van der Waals surface area (Å²) in [7, 11) is 0. The van der Waals surface area contributed by atoms with Crippen molar-refractivity contribution in [1.29, 1.82) is 0 Å². The van der Waals surface area contributed by atoms with Gasteiger partial charge in [0, 0.05) is 21.2 Å². The third-order valence-electron chi connectivity index (χ3n) is 2.68. The zero-order valence-electron chi connectivity index (χ0n) is 10.6. The highest BCUT2D eigenvalue weighted by molar-refractivity contribution is 6.35. The zero-order chi connectivity index (χ0) is 14.7. The van der Waals surface area contributed by atoms with Crippen molar-refractivity contribution in [1.82, 2.24) is 0 Å². The Balaban J connectivity index is 2.30. The summed E-state index contributed by atoms with van der Waals surface area (Å²) in [4.78, 5) is 23.7. The van der Waals surface area contributed by atoms with Crippen LogP contribution < -0.4 is 5.32 Å². The molecule has 0 fully saturated rings. The summed E-state index contributed by atoms with van der Waals surface area (Å²) in [6.07, 6.45) is 0. The normalized spacial score (nSPS) is 10.2. The van der Waals surface area contributed by atoms with Crippen molar-refractivity contribution >= 4 is 40.6 Å². The van der Waals surface area contributed by atoms with E-state index in [9.17, 15) is 9.59 Å². The SMILES string of the molecule is CC(=O)c1ccccc1NC(=O)c1cc(Cl)cc(Cl)c1. The van der Waals surface area contributed by atoms with Gasteiger partial charge in [0.05, 0.1) is 5.69 Å². The molecular weight excluding hydrogens is 297 g/mol. The number of anilines is 1. The molecule has 20 heavy (non-hydrogen) atoms. The van der Waals surface area contributed by atoms with Gasteiger partial charge in [-0.1, -0.05) is 35.3 Å². The lowest BCUT2D eigenvalue weighted by Gasteiger charge is -2.09. The van der Waals surface area contributed by atoms with Crippen molar-refractivity contribution in [3.63, 3.8) is 0 Å². The fourth-order valence-electron chi connectivity index (χ4n) is 1.78. The van der Waals surface area contributed by atoms with Crippen molar-refractivity contribution in [3.8, 4) is 0 Å². The number of ketones is 1. The lowest BCUT2D eigenvalue weighted by Crippen LogP contribution is -2.14. The van der Waals surface area contributed by atoms with Crippen molar-refractivity contribution in [2.75, 3.05) is 5.32 Å². The van der Waals surface area contributed by atoms with Crippen LogP contribution >= 0.6 is 23.2 Å². The molecule has 0 unspecified atom stereocenters. The van der Waals surface area contributed by atoms with Gasteiger partial charge in [0.2, 0.25) is 0 Å². The van der Waals surface area contributed by atoms with Gasteiger partial charge < -0.3 is 5.32 Å². The topological polar surface area (TPSA) is 46.2 Å². The van der Waals surface area contributed by atoms with Gasteiger partial charge in [-0.25, -0.2) is 0 Å². The highest BCUT2D eigenvalue weighted by atomic mass is 35.5. The quantitative estimate of drug-likeness (QED) is 0.852.